The van der Waals surface area contributed by atoms with Crippen LogP contribution in [0.3, 0.4) is 0 Å². The number of carbonyl (C=O) groups is 1. The lowest BCUT2D eigenvalue weighted by molar-refractivity contribution is -0.114. The van der Waals surface area contributed by atoms with Gasteiger partial charge in [-0.3, -0.25) is 10.2 Å². The van der Waals surface area contributed by atoms with Gasteiger partial charge >= 0.3 is 0 Å². The molecule has 1 aliphatic rings. The third-order valence-corrected chi connectivity index (χ3v) is 6.74. The lowest BCUT2D eigenvalue weighted by Crippen LogP contribution is -2.38. The van der Waals surface area contributed by atoms with Crippen molar-refractivity contribution in [2.45, 2.75) is 64.3 Å². The highest BCUT2D eigenvalue weighted by Gasteiger charge is 2.41. The number of carbonyl (C=O) groups excluding carboxylic acids is 1. The van der Waals surface area contributed by atoms with Gasteiger partial charge in [-0.1, -0.05) is 102 Å². The third kappa shape index (κ3) is 5.43. The summed E-state index contributed by atoms with van der Waals surface area (Å²) in [6.07, 6.45) is 2.01. The van der Waals surface area contributed by atoms with E-state index in [1.165, 1.54) is 0 Å². The Balaban J connectivity index is 1.56. The van der Waals surface area contributed by atoms with Gasteiger partial charge in [-0.05, 0) is 39.7 Å². The fraction of sp³-hybridized carbons (Fsp3) is 0.323. The SMILES string of the molecule is CC(C)(C)c1cc(/C=N/NC(=O)C2=NNC(c3ccccc3)(c3ccccc3)C2)cc(C(C)(C)C)c1O. The smallest absolute Gasteiger partial charge is 0.287 e. The largest absolute Gasteiger partial charge is 0.507 e. The molecule has 0 atom stereocenters. The van der Waals surface area contributed by atoms with Crippen molar-refractivity contribution in [1.29, 1.82) is 0 Å². The van der Waals surface area contributed by atoms with E-state index >= 15 is 0 Å². The molecule has 3 N–H and O–H groups in total. The Labute approximate surface area is 219 Å². The predicted molar refractivity (Wildman–Crippen MR) is 150 cm³/mol. The van der Waals surface area contributed by atoms with Crippen LogP contribution in [-0.4, -0.2) is 22.9 Å². The molecule has 1 heterocycles. The van der Waals surface area contributed by atoms with E-state index in [2.05, 4.69) is 62.6 Å². The molecule has 6 nitrogen and oxygen atoms in total. The van der Waals surface area contributed by atoms with Crippen LogP contribution in [0.1, 0.15) is 75.8 Å². The van der Waals surface area contributed by atoms with E-state index in [0.717, 1.165) is 27.8 Å². The van der Waals surface area contributed by atoms with Crippen LogP contribution in [-0.2, 0) is 21.2 Å². The Morgan fingerprint density at radius 1 is 0.919 bits per heavy atom. The number of benzene rings is 3. The van der Waals surface area contributed by atoms with Crippen molar-refractivity contribution in [3.63, 3.8) is 0 Å². The number of hydrogen-bond donors (Lipinski definition) is 3. The van der Waals surface area contributed by atoms with Crippen LogP contribution < -0.4 is 10.9 Å². The van der Waals surface area contributed by atoms with Crippen LogP contribution in [0.2, 0.25) is 0 Å². The average molecular weight is 497 g/mol. The summed E-state index contributed by atoms with van der Waals surface area (Å²) < 4.78 is 0. The second kappa shape index (κ2) is 9.85. The number of rotatable bonds is 5. The third-order valence-electron chi connectivity index (χ3n) is 6.74. The van der Waals surface area contributed by atoms with E-state index in [4.69, 9.17) is 0 Å². The topological polar surface area (TPSA) is 86.1 Å². The molecule has 37 heavy (non-hydrogen) atoms. The fourth-order valence-corrected chi connectivity index (χ4v) is 4.67. The molecule has 0 bridgehead atoms. The second-order valence-electron chi connectivity index (χ2n) is 11.6. The van der Waals surface area contributed by atoms with Crippen molar-refractivity contribution in [1.82, 2.24) is 10.9 Å². The molecule has 4 rings (SSSR count). The van der Waals surface area contributed by atoms with E-state index in [0.29, 0.717) is 17.9 Å². The van der Waals surface area contributed by atoms with Crippen molar-refractivity contribution in [2.75, 3.05) is 0 Å². The summed E-state index contributed by atoms with van der Waals surface area (Å²) in [6.45, 7) is 12.4. The highest BCUT2D eigenvalue weighted by atomic mass is 16.3. The minimum absolute atomic E-state index is 0.250. The summed E-state index contributed by atoms with van der Waals surface area (Å²) in [5.41, 5.74) is 9.69. The Bertz CT molecular complexity index is 1260. The molecule has 3 aromatic rings. The van der Waals surface area contributed by atoms with Gasteiger partial charge in [0.25, 0.3) is 5.91 Å². The molecule has 0 aliphatic carbocycles. The van der Waals surface area contributed by atoms with Gasteiger partial charge in [0.2, 0.25) is 0 Å². The minimum atomic E-state index is -0.626. The summed E-state index contributed by atoms with van der Waals surface area (Å²) in [5.74, 6) is -0.0471. The van der Waals surface area contributed by atoms with Crippen LogP contribution in [0.15, 0.2) is 83.0 Å². The monoisotopic (exact) mass is 496 g/mol. The molecule has 0 aromatic heterocycles. The number of aromatic hydroxyl groups is 1. The first-order chi connectivity index (χ1) is 17.4. The molecule has 192 valence electrons. The van der Waals surface area contributed by atoms with E-state index < -0.39 is 5.54 Å². The van der Waals surface area contributed by atoms with E-state index in [1.807, 2.05) is 72.8 Å². The molecule has 0 fully saturated rings. The van der Waals surface area contributed by atoms with Crippen LogP contribution >= 0.6 is 0 Å². The Morgan fingerprint density at radius 3 is 1.86 bits per heavy atom. The van der Waals surface area contributed by atoms with Gasteiger partial charge in [0.1, 0.15) is 17.0 Å². The number of amides is 1. The van der Waals surface area contributed by atoms with E-state index in [1.54, 1.807) is 6.21 Å². The lowest BCUT2D eigenvalue weighted by atomic mass is 9.78. The van der Waals surface area contributed by atoms with Gasteiger partial charge in [-0.25, -0.2) is 5.43 Å². The highest BCUT2D eigenvalue weighted by Crippen LogP contribution is 2.40. The molecule has 0 saturated carbocycles. The number of hydrogen-bond acceptors (Lipinski definition) is 5. The normalized spacial score (nSPS) is 15.4. The maximum absolute atomic E-state index is 13.1. The van der Waals surface area contributed by atoms with Gasteiger partial charge in [0.15, 0.2) is 0 Å². The molecule has 1 amide bonds. The summed E-state index contributed by atoms with van der Waals surface area (Å²) in [7, 11) is 0. The second-order valence-corrected chi connectivity index (χ2v) is 11.6. The first-order valence-electron chi connectivity index (χ1n) is 12.6. The number of nitrogens with zero attached hydrogens (tertiary/aromatic N) is 2. The maximum atomic E-state index is 13.1. The number of hydrazone groups is 2. The summed E-state index contributed by atoms with van der Waals surface area (Å²) in [4.78, 5) is 13.1. The number of phenolic OH excluding ortho intramolecular Hbond substituents is 1. The van der Waals surface area contributed by atoms with E-state index in [9.17, 15) is 9.90 Å². The highest BCUT2D eigenvalue weighted by molar-refractivity contribution is 6.39. The average Bonchev–Trinajstić information content (AvgIpc) is 3.31. The van der Waals surface area contributed by atoms with Gasteiger partial charge in [-0.15, -0.1) is 0 Å². The fourth-order valence-electron chi connectivity index (χ4n) is 4.67. The van der Waals surface area contributed by atoms with Crippen molar-refractivity contribution >= 4 is 17.8 Å². The van der Waals surface area contributed by atoms with Crippen molar-refractivity contribution in [2.24, 2.45) is 10.2 Å². The number of phenols is 1. The van der Waals surface area contributed by atoms with Crippen LogP contribution in [0, 0.1) is 0 Å². The van der Waals surface area contributed by atoms with Gasteiger partial charge in [0.05, 0.1) is 6.21 Å². The van der Waals surface area contributed by atoms with Gasteiger partial charge in [0, 0.05) is 17.5 Å². The Morgan fingerprint density at radius 2 is 1.41 bits per heavy atom. The maximum Gasteiger partial charge on any atom is 0.287 e. The Kier molecular flexibility index (Phi) is 6.96. The van der Waals surface area contributed by atoms with Crippen molar-refractivity contribution in [3.05, 3.63) is 101 Å². The van der Waals surface area contributed by atoms with Crippen LogP contribution in [0.4, 0.5) is 0 Å². The Hall–Kier alpha value is -3.93. The van der Waals surface area contributed by atoms with Crippen LogP contribution in [0.5, 0.6) is 5.75 Å². The van der Waals surface area contributed by atoms with Gasteiger partial charge in [-0.2, -0.15) is 10.2 Å². The zero-order valence-corrected chi connectivity index (χ0v) is 22.5. The summed E-state index contributed by atoms with van der Waals surface area (Å²) in [6, 6.07) is 23.9. The van der Waals surface area contributed by atoms with Crippen LogP contribution in [0.25, 0.3) is 0 Å². The lowest BCUT2D eigenvalue weighted by Gasteiger charge is -2.30. The molecule has 1 aliphatic heterocycles. The quantitative estimate of drug-likeness (QED) is 0.311. The van der Waals surface area contributed by atoms with Gasteiger partial charge < -0.3 is 5.11 Å². The molecule has 0 saturated heterocycles. The zero-order valence-electron chi connectivity index (χ0n) is 22.5. The predicted octanol–water partition coefficient (Wildman–Crippen LogP) is 5.73. The molecule has 3 aromatic carbocycles. The molecular weight excluding hydrogens is 460 g/mol. The zero-order chi connectivity index (χ0) is 26.8. The van der Waals surface area contributed by atoms with E-state index in [-0.39, 0.29) is 16.7 Å². The minimum Gasteiger partial charge on any atom is -0.507 e. The molecule has 0 spiro atoms. The summed E-state index contributed by atoms with van der Waals surface area (Å²) in [5, 5.41) is 19.6. The molecule has 6 heteroatoms. The molecule has 0 radical (unpaired) electrons. The first kappa shape index (κ1) is 26.1. The van der Waals surface area contributed by atoms with Crippen molar-refractivity contribution in [3.8, 4) is 5.75 Å². The molecule has 0 unspecified atom stereocenters. The first-order valence-corrected chi connectivity index (χ1v) is 12.6. The number of nitrogens with one attached hydrogen (secondary N) is 2. The van der Waals surface area contributed by atoms with Crippen molar-refractivity contribution < 1.29 is 9.90 Å². The molecular formula is C31H36N4O2. The summed E-state index contributed by atoms with van der Waals surface area (Å²) >= 11 is 0. The standard InChI is InChI=1S/C31H36N4O2/c1-29(2,3)24-17-21(18-25(27(24)36)30(4,5)6)20-32-34-28(37)26-19-31(35-33-26,22-13-9-7-10-14-22)23-15-11-8-12-16-23/h7-18,20,35-36H,19H2,1-6H3,(H,34,37)/b32-20+.